The van der Waals surface area contributed by atoms with Crippen LogP contribution in [0.4, 0.5) is 13.2 Å². The van der Waals surface area contributed by atoms with E-state index in [4.69, 9.17) is 16.7 Å². The molecule has 1 N–H and O–H groups in total. The summed E-state index contributed by atoms with van der Waals surface area (Å²) in [6.45, 7) is 0. The van der Waals surface area contributed by atoms with Crippen LogP contribution in [0, 0.1) is 0 Å². The van der Waals surface area contributed by atoms with Gasteiger partial charge in [-0.05, 0) is 5.56 Å². The monoisotopic (exact) mass is 252 g/mol. The molecule has 6 heteroatoms. The van der Waals surface area contributed by atoms with Crippen LogP contribution >= 0.6 is 11.6 Å². The molecule has 0 aromatic heterocycles. The van der Waals surface area contributed by atoms with Gasteiger partial charge in [-0.2, -0.15) is 13.2 Å². The molecule has 0 radical (unpaired) electrons. The molecule has 88 valence electrons. The van der Waals surface area contributed by atoms with Gasteiger partial charge in [0.2, 0.25) is 0 Å². The van der Waals surface area contributed by atoms with Gasteiger partial charge in [0, 0.05) is 0 Å². The SMILES string of the molecule is O=C(O)C(Cl)(CC(F)(F)F)c1ccccc1. The van der Waals surface area contributed by atoms with Crippen molar-refractivity contribution in [3.05, 3.63) is 35.9 Å². The van der Waals surface area contributed by atoms with Crippen LogP contribution in [0.5, 0.6) is 0 Å². The van der Waals surface area contributed by atoms with Crippen molar-refractivity contribution in [2.45, 2.75) is 17.5 Å². The number of rotatable bonds is 3. The molecule has 0 spiro atoms. The lowest BCUT2D eigenvalue weighted by Crippen LogP contribution is -2.35. The fraction of sp³-hybridized carbons (Fsp3) is 0.300. The van der Waals surface area contributed by atoms with Crippen molar-refractivity contribution in [2.24, 2.45) is 0 Å². The summed E-state index contributed by atoms with van der Waals surface area (Å²) in [5.74, 6) is -1.71. The quantitative estimate of drug-likeness (QED) is 0.839. The van der Waals surface area contributed by atoms with E-state index in [2.05, 4.69) is 0 Å². The standard InChI is InChI=1S/C10H8ClF3O2/c11-9(8(15)16,6-10(12,13)14)7-4-2-1-3-5-7/h1-5H,6H2,(H,15,16). The maximum atomic E-state index is 12.2. The molecule has 1 atom stereocenters. The lowest BCUT2D eigenvalue weighted by molar-refractivity contribution is -0.160. The smallest absolute Gasteiger partial charge is 0.391 e. The summed E-state index contributed by atoms with van der Waals surface area (Å²) in [7, 11) is 0. The fourth-order valence-electron chi connectivity index (χ4n) is 1.28. The van der Waals surface area contributed by atoms with Gasteiger partial charge < -0.3 is 5.11 Å². The molecule has 0 saturated heterocycles. The molecule has 1 rings (SSSR count). The molecule has 0 heterocycles. The molecule has 1 aromatic rings. The molecule has 0 bridgehead atoms. The summed E-state index contributed by atoms with van der Waals surface area (Å²) in [4.78, 5) is 8.41. The maximum absolute atomic E-state index is 12.2. The van der Waals surface area contributed by atoms with E-state index in [0.29, 0.717) is 0 Å². The van der Waals surface area contributed by atoms with Crippen molar-refractivity contribution < 1.29 is 23.1 Å². The number of aliphatic carboxylic acids is 1. The number of alkyl halides is 4. The second-order valence-corrected chi connectivity index (χ2v) is 3.91. The highest BCUT2D eigenvalue weighted by atomic mass is 35.5. The molecule has 16 heavy (non-hydrogen) atoms. The van der Waals surface area contributed by atoms with Crippen molar-refractivity contribution in [1.29, 1.82) is 0 Å². The summed E-state index contributed by atoms with van der Waals surface area (Å²) >= 11 is 5.56. The van der Waals surface area contributed by atoms with Crippen LogP contribution in [0.15, 0.2) is 30.3 Å². The first-order chi connectivity index (χ1) is 7.26. The van der Waals surface area contributed by atoms with E-state index in [9.17, 15) is 18.0 Å². The van der Waals surface area contributed by atoms with Gasteiger partial charge in [-0.1, -0.05) is 30.3 Å². The second-order valence-electron chi connectivity index (χ2n) is 3.26. The minimum atomic E-state index is -4.64. The van der Waals surface area contributed by atoms with Gasteiger partial charge in [-0.3, -0.25) is 0 Å². The van der Waals surface area contributed by atoms with Gasteiger partial charge in [0.15, 0.2) is 4.87 Å². The molecule has 2 nitrogen and oxygen atoms in total. The van der Waals surface area contributed by atoms with Crippen molar-refractivity contribution in [3.8, 4) is 0 Å². The van der Waals surface area contributed by atoms with Crippen molar-refractivity contribution in [1.82, 2.24) is 0 Å². The van der Waals surface area contributed by atoms with E-state index in [-0.39, 0.29) is 5.56 Å². The van der Waals surface area contributed by atoms with Gasteiger partial charge in [-0.25, -0.2) is 4.79 Å². The Morgan fingerprint density at radius 1 is 1.25 bits per heavy atom. The number of benzene rings is 1. The first kappa shape index (κ1) is 12.8. The minimum Gasteiger partial charge on any atom is -0.480 e. The normalized spacial score (nSPS) is 15.5. The van der Waals surface area contributed by atoms with Crippen LogP contribution in [0.2, 0.25) is 0 Å². The molecular weight excluding hydrogens is 245 g/mol. The van der Waals surface area contributed by atoms with E-state index in [1.165, 1.54) is 24.3 Å². The Hall–Kier alpha value is -1.23. The number of halogens is 4. The van der Waals surface area contributed by atoms with E-state index < -0.39 is 23.4 Å². The minimum absolute atomic E-state index is 0.0820. The van der Waals surface area contributed by atoms with Gasteiger partial charge >= 0.3 is 12.1 Å². The van der Waals surface area contributed by atoms with Crippen LogP contribution in [-0.4, -0.2) is 17.3 Å². The third-order valence-electron chi connectivity index (χ3n) is 2.01. The van der Waals surface area contributed by atoms with E-state index in [1.54, 1.807) is 6.07 Å². The van der Waals surface area contributed by atoms with Crippen LogP contribution in [-0.2, 0) is 9.67 Å². The van der Waals surface area contributed by atoms with Crippen LogP contribution in [0.25, 0.3) is 0 Å². The molecule has 0 saturated carbocycles. The average molecular weight is 253 g/mol. The number of carboxylic acid groups (broad SMARTS) is 1. The highest BCUT2D eigenvalue weighted by molar-refractivity contribution is 6.33. The predicted molar refractivity (Wildman–Crippen MR) is 52.3 cm³/mol. The number of carbonyl (C=O) groups is 1. The molecule has 0 aliphatic heterocycles. The topological polar surface area (TPSA) is 37.3 Å². The zero-order valence-electron chi connectivity index (χ0n) is 7.96. The number of hydrogen-bond donors (Lipinski definition) is 1. The van der Waals surface area contributed by atoms with Crippen molar-refractivity contribution in [3.63, 3.8) is 0 Å². The largest absolute Gasteiger partial charge is 0.480 e. The molecule has 0 aliphatic carbocycles. The lowest BCUT2D eigenvalue weighted by Gasteiger charge is -2.23. The lowest BCUT2D eigenvalue weighted by atomic mass is 9.94. The average Bonchev–Trinajstić information content (AvgIpc) is 2.16. The second kappa shape index (κ2) is 4.33. The predicted octanol–water partition coefficient (Wildman–Crippen LogP) is 3.16. The molecule has 0 fully saturated rings. The summed E-state index contributed by atoms with van der Waals surface area (Å²) in [6.07, 6.45) is -6.25. The Bertz CT molecular complexity index is 377. The zero-order chi connectivity index (χ0) is 12.4. The number of carboxylic acids is 1. The van der Waals surface area contributed by atoms with Crippen molar-refractivity contribution in [2.75, 3.05) is 0 Å². The Morgan fingerprint density at radius 3 is 2.12 bits per heavy atom. The molecule has 1 unspecified atom stereocenters. The first-order valence-corrected chi connectivity index (χ1v) is 4.68. The van der Waals surface area contributed by atoms with E-state index >= 15 is 0 Å². The number of hydrogen-bond acceptors (Lipinski definition) is 1. The van der Waals surface area contributed by atoms with Crippen LogP contribution < -0.4 is 0 Å². The van der Waals surface area contributed by atoms with Gasteiger partial charge in [-0.15, -0.1) is 11.6 Å². The first-order valence-electron chi connectivity index (χ1n) is 4.30. The van der Waals surface area contributed by atoms with Crippen molar-refractivity contribution >= 4 is 17.6 Å². The summed E-state index contributed by atoms with van der Waals surface area (Å²) in [5, 5.41) is 8.82. The van der Waals surface area contributed by atoms with Crippen LogP contribution in [0.1, 0.15) is 12.0 Å². The molecule has 0 amide bonds. The Balaban J connectivity index is 3.13. The highest BCUT2D eigenvalue weighted by Gasteiger charge is 2.48. The maximum Gasteiger partial charge on any atom is 0.391 e. The summed E-state index contributed by atoms with van der Waals surface area (Å²) in [5.41, 5.74) is -0.0820. The Labute approximate surface area is 94.6 Å². The molecule has 0 aliphatic rings. The highest BCUT2D eigenvalue weighted by Crippen LogP contribution is 2.40. The van der Waals surface area contributed by atoms with Gasteiger partial charge in [0.25, 0.3) is 0 Å². The third kappa shape index (κ3) is 2.88. The van der Waals surface area contributed by atoms with Gasteiger partial charge in [0.05, 0.1) is 6.42 Å². The summed E-state index contributed by atoms with van der Waals surface area (Å²) in [6, 6.07) is 6.95. The Kier molecular flexibility index (Phi) is 3.48. The third-order valence-corrected chi connectivity index (χ3v) is 2.53. The zero-order valence-corrected chi connectivity index (χ0v) is 8.72. The van der Waals surface area contributed by atoms with Crippen LogP contribution in [0.3, 0.4) is 0 Å². The van der Waals surface area contributed by atoms with Gasteiger partial charge in [0.1, 0.15) is 0 Å². The van der Waals surface area contributed by atoms with E-state index in [1.807, 2.05) is 0 Å². The fourth-order valence-corrected chi connectivity index (χ4v) is 1.56. The summed E-state index contributed by atoms with van der Waals surface area (Å²) < 4.78 is 36.7. The molecule has 1 aromatic carbocycles. The van der Waals surface area contributed by atoms with E-state index in [0.717, 1.165) is 0 Å². The Morgan fingerprint density at radius 2 is 1.75 bits per heavy atom. The molecular formula is C10H8ClF3O2.